The number of guanidine groups is 1. The van der Waals surface area contributed by atoms with E-state index in [1.807, 2.05) is 32.0 Å². The summed E-state index contributed by atoms with van der Waals surface area (Å²) >= 11 is 0. The number of nitrogens with one attached hydrogen (secondary N) is 2. The van der Waals surface area contributed by atoms with Crippen LogP contribution in [0.3, 0.4) is 0 Å². The Morgan fingerprint density at radius 2 is 1.96 bits per heavy atom. The zero-order chi connectivity index (χ0) is 20.1. The standard InChI is InChI=1S/C21H25N3O4/c1-5-22-21(23-11-15-10-17(14(3)27-15)20(25)26-4)24-12-19-13(2)16-8-6-7-9-18(16)28-19/h6-10H,5,11-12H2,1-4H3,(H2,22,23,24). The number of ether oxygens (including phenoxy) is 1. The van der Waals surface area contributed by atoms with Crippen LogP contribution in [0.5, 0.6) is 0 Å². The Kier molecular flexibility index (Phi) is 6.03. The van der Waals surface area contributed by atoms with Crippen molar-refractivity contribution in [2.24, 2.45) is 4.99 Å². The molecule has 2 heterocycles. The number of nitrogens with zero attached hydrogens (tertiary/aromatic N) is 1. The predicted octanol–water partition coefficient (Wildman–Crippen LogP) is 3.68. The number of aliphatic imine (C=N–C) groups is 1. The summed E-state index contributed by atoms with van der Waals surface area (Å²) in [6, 6.07) is 9.64. The zero-order valence-electron chi connectivity index (χ0n) is 16.6. The van der Waals surface area contributed by atoms with Gasteiger partial charge in [-0.05, 0) is 32.9 Å². The highest BCUT2D eigenvalue weighted by Gasteiger charge is 2.15. The number of fused-ring (bicyclic) bond motifs is 1. The molecular weight excluding hydrogens is 358 g/mol. The number of esters is 1. The summed E-state index contributed by atoms with van der Waals surface area (Å²) in [4.78, 5) is 16.2. The molecule has 0 saturated heterocycles. The summed E-state index contributed by atoms with van der Waals surface area (Å²) in [5, 5.41) is 7.59. The normalized spacial score (nSPS) is 11.6. The summed E-state index contributed by atoms with van der Waals surface area (Å²) < 4.78 is 16.3. The molecule has 0 aliphatic carbocycles. The fraction of sp³-hybridized carbons (Fsp3) is 0.333. The van der Waals surface area contributed by atoms with Crippen molar-refractivity contribution in [3.05, 3.63) is 58.7 Å². The highest BCUT2D eigenvalue weighted by Crippen LogP contribution is 2.24. The van der Waals surface area contributed by atoms with Crippen molar-refractivity contribution < 1.29 is 18.4 Å². The lowest BCUT2D eigenvalue weighted by atomic mass is 10.1. The number of hydrogen-bond acceptors (Lipinski definition) is 5. The molecule has 7 heteroatoms. The molecule has 0 spiro atoms. The van der Waals surface area contributed by atoms with E-state index in [2.05, 4.69) is 21.7 Å². The number of para-hydroxylation sites is 1. The van der Waals surface area contributed by atoms with E-state index in [0.717, 1.165) is 28.8 Å². The van der Waals surface area contributed by atoms with Crippen molar-refractivity contribution in [2.45, 2.75) is 33.9 Å². The molecule has 0 unspecified atom stereocenters. The van der Waals surface area contributed by atoms with E-state index in [-0.39, 0.29) is 0 Å². The van der Waals surface area contributed by atoms with Crippen molar-refractivity contribution in [1.82, 2.24) is 10.6 Å². The number of hydrogen-bond donors (Lipinski definition) is 2. The molecule has 2 N–H and O–H groups in total. The SMILES string of the molecule is CCNC(=NCc1cc(C(=O)OC)c(C)o1)NCc1oc2ccccc2c1C. The molecule has 2 aromatic heterocycles. The van der Waals surface area contributed by atoms with Crippen LogP contribution in [-0.4, -0.2) is 25.6 Å². The van der Waals surface area contributed by atoms with Gasteiger partial charge in [-0.25, -0.2) is 9.79 Å². The minimum absolute atomic E-state index is 0.298. The molecule has 0 aliphatic heterocycles. The van der Waals surface area contributed by atoms with E-state index in [1.54, 1.807) is 13.0 Å². The topological polar surface area (TPSA) is 89.0 Å². The van der Waals surface area contributed by atoms with Crippen LogP contribution >= 0.6 is 0 Å². The van der Waals surface area contributed by atoms with E-state index >= 15 is 0 Å². The second-order valence-electron chi connectivity index (χ2n) is 6.37. The zero-order valence-corrected chi connectivity index (χ0v) is 16.6. The summed E-state index contributed by atoms with van der Waals surface area (Å²) in [7, 11) is 1.35. The first kappa shape index (κ1) is 19.5. The van der Waals surface area contributed by atoms with E-state index in [9.17, 15) is 4.79 Å². The van der Waals surface area contributed by atoms with Gasteiger partial charge in [-0.3, -0.25) is 0 Å². The van der Waals surface area contributed by atoms with E-state index in [4.69, 9.17) is 13.6 Å². The van der Waals surface area contributed by atoms with Crippen LogP contribution in [0, 0.1) is 13.8 Å². The number of methoxy groups -OCH3 is 1. The first-order valence-electron chi connectivity index (χ1n) is 9.20. The molecule has 0 radical (unpaired) electrons. The van der Waals surface area contributed by atoms with Crippen LogP contribution < -0.4 is 10.6 Å². The van der Waals surface area contributed by atoms with Crippen molar-refractivity contribution in [1.29, 1.82) is 0 Å². The minimum atomic E-state index is -0.415. The first-order valence-corrected chi connectivity index (χ1v) is 9.20. The number of carbonyl (C=O) groups excluding carboxylic acids is 1. The quantitative estimate of drug-likeness (QED) is 0.383. The van der Waals surface area contributed by atoms with Crippen molar-refractivity contribution in [2.75, 3.05) is 13.7 Å². The van der Waals surface area contributed by atoms with Crippen LogP contribution in [0.1, 0.15) is 40.1 Å². The lowest BCUT2D eigenvalue weighted by Gasteiger charge is -2.10. The molecule has 0 amide bonds. The second-order valence-corrected chi connectivity index (χ2v) is 6.37. The van der Waals surface area contributed by atoms with Crippen LogP contribution in [-0.2, 0) is 17.8 Å². The fourth-order valence-electron chi connectivity index (χ4n) is 2.99. The number of aryl methyl sites for hydroxylation is 2. The third-order valence-corrected chi connectivity index (χ3v) is 4.47. The molecule has 3 rings (SSSR count). The van der Waals surface area contributed by atoms with Crippen molar-refractivity contribution in [3.8, 4) is 0 Å². The molecular formula is C21H25N3O4. The predicted molar refractivity (Wildman–Crippen MR) is 107 cm³/mol. The summed E-state index contributed by atoms with van der Waals surface area (Å²) in [6.07, 6.45) is 0. The molecule has 28 heavy (non-hydrogen) atoms. The van der Waals surface area contributed by atoms with E-state index < -0.39 is 5.97 Å². The van der Waals surface area contributed by atoms with Gasteiger partial charge < -0.3 is 24.2 Å². The summed E-state index contributed by atoms with van der Waals surface area (Å²) in [5.41, 5.74) is 2.41. The molecule has 1 aromatic carbocycles. The van der Waals surface area contributed by atoms with Gasteiger partial charge in [0.05, 0.1) is 13.7 Å². The highest BCUT2D eigenvalue weighted by molar-refractivity contribution is 5.90. The Hall–Kier alpha value is -3.22. The van der Waals surface area contributed by atoms with Gasteiger partial charge in [0, 0.05) is 17.5 Å². The monoisotopic (exact) mass is 383 g/mol. The minimum Gasteiger partial charge on any atom is -0.465 e. The van der Waals surface area contributed by atoms with Gasteiger partial charge in [-0.2, -0.15) is 0 Å². The van der Waals surface area contributed by atoms with Gasteiger partial charge in [0.15, 0.2) is 5.96 Å². The Bertz CT molecular complexity index is 1000. The van der Waals surface area contributed by atoms with Crippen molar-refractivity contribution >= 4 is 22.9 Å². The van der Waals surface area contributed by atoms with Gasteiger partial charge in [-0.15, -0.1) is 0 Å². The van der Waals surface area contributed by atoms with Gasteiger partial charge in [-0.1, -0.05) is 18.2 Å². The molecule has 0 aliphatic rings. The molecule has 0 atom stereocenters. The first-order chi connectivity index (χ1) is 13.5. The number of carbonyl (C=O) groups is 1. The Morgan fingerprint density at radius 1 is 1.18 bits per heavy atom. The second kappa shape index (κ2) is 8.65. The average Bonchev–Trinajstić information content (AvgIpc) is 3.23. The van der Waals surface area contributed by atoms with E-state index in [1.165, 1.54) is 7.11 Å². The van der Waals surface area contributed by atoms with Crippen LogP contribution in [0.4, 0.5) is 0 Å². The highest BCUT2D eigenvalue weighted by atomic mass is 16.5. The van der Waals surface area contributed by atoms with E-state index in [0.29, 0.717) is 36.1 Å². The molecule has 0 bridgehead atoms. The van der Waals surface area contributed by atoms with Gasteiger partial charge >= 0.3 is 5.97 Å². The van der Waals surface area contributed by atoms with Crippen LogP contribution in [0.2, 0.25) is 0 Å². The van der Waals surface area contributed by atoms with Gasteiger partial charge in [0.25, 0.3) is 0 Å². The molecule has 0 fully saturated rings. The number of benzene rings is 1. The maximum Gasteiger partial charge on any atom is 0.341 e. The van der Waals surface area contributed by atoms with Crippen LogP contribution in [0.15, 0.2) is 44.2 Å². The largest absolute Gasteiger partial charge is 0.465 e. The number of rotatable bonds is 6. The third kappa shape index (κ3) is 4.19. The lowest BCUT2D eigenvalue weighted by Crippen LogP contribution is -2.36. The Morgan fingerprint density at radius 3 is 2.68 bits per heavy atom. The Labute approximate surface area is 163 Å². The molecule has 7 nitrogen and oxygen atoms in total. The van der Waals surface area contributed by atoms with Crippen LogP contribution in [0.25, 0.3) is 11.0 Å². The molecule has 148 valence electrons. The maximum absolute atomic E-state index is 11.7. The summed E-state index contributed by atoms with van der Waals surface area (Å²) in [5.74, 6) is 2.20. The molecule has 3 aromatic rings. The van der Waals surface area contributed by atoms with Gasteiger partial charge in [0.2, 0.25) is 0 Å². The summed E-state index contributed by atoms with van der Waals surface area (Å²) in [6.45, 7) is 7.30. The average molecular weight is 383 g/mol. The van der Waals surface area contributed by atoms with Gasteiger partial charge in [0.1, 0.15) is 35.0 Å². The van der Waals surface area contributed by atoms with Crippen molar-refractivity contribution in [3.63, 3.8) is 0 Å². The third-order valence-electron chi connectivity index (χ3n) is 4.47. The molecule has 0 saturated carbocycles. The lowest BCUT2D eigenvalue weighted by molar-refractivity contribution is 0.0599. The Balaban J connectivity index is 1.70. The smallest absolute Gasteiger partial charge is 0.341 e. The fourth-order valence-corrected chi connectivity index (χ4v) is 2.99. The number of furan rings is 2. The maximum atomic E-state index is 11.7.